The molecule has 21 heavy (non-hydrogen) atoms. The standard InChI is InChI=1S/C16H31N3O2/c1-3-16(2,13-17)15(20)19-8-5-7-18(9-10-19)12-14-6-4-11-21-14/h14H,3-13,17H2,1-2H3. The minimum absolute atomic E-state index is 0.228. The van der Waals surface area contributed by atoms with Crippen molar-refractivity contribution in [3.05, 3.63) is 0 Å². The topological polar surface area (TPSA) is 58.8 Å². The SMILES string of the molecule is CCC(C)(CN)C(=O)N1CCCN(CC2CCCO2)CC1. The molecular weight excluding hydrogens is 266 g/mol. The Morgan fingerprint density at radius 2 is 2.10 bits per heavy atom. The molecule has 2 aliphatic heterocycles. The molecule has 2 atom stereocenters. The summed E-state index contributed by atoms with van der Waals surface area (Å²) >= 11 is 0. The van der Waals surface area contributed by atoms with Crippen LogP contribution < -0.4 is 5.73 Å². The number of nitrogens with two attached hydrogens (primary N) is 1. The van der Waals surface area contributed by atoms with Gasteiger partial charge in [-0.1, -0.05) is 6.92 Å². The molecule has 2 heterocycles. The molecule has 2 saturated heterocycles. The van der Waals surface area contributed by atoms with Gasteiger partial charge in [-0.3, -0.25) is 9.69 Å². The Kier molecular flexibility index (Phi) is 6.02. The third kappa shape index (κ3) is 4.18. The zero-order chi connectivity index (χ0) is 15.3. The lowest BCUT2D eigenvalue weighted by molar-refractivity contribution is -0.140. The summed E-state index contributed by atoms with van der Waals surface area (Å²) in [6.45, 7) is 10.1. The summed E-state index contributed by atoms with van der Waals surface area (Å²) in [5, 5.41) is 0. The van der Waals surface area contributed by atoms with Gasteiger partial charge in [-0.05, 0) is 39.2 Å². The summed E-state index contributed by atoms with van der Waals surface area (Å²) in [5.74, 6) is 0.228. The largest absolute Gasteiger partial charge is 0.377 e. The molecule has 0 aromatic rings. The third-order valence-corrected chi connectivity index (χ3v) is 5.11. The maximum absolute atomic E-state index is 12.7. The van der Waals surface area contributed by atoms with Crippen LogP contribution in [0, 0.1) is 5.41 Å². The molecule has 2 aliphatic rings. The molecule has 0 bridgehead atoms. The van der Waals surface area contributed by atoms with Gasteiger partial charge in [0.05, 0.1) is 11.5 Å². The second-order valence-electron chi connectivity index (χ2n) is 6.70. The molecule has 0 aliphatic carbocycles. The molecule has 5 heteroatoms. The molecule has 2 rings (SSSR count). The highest BCUT2D eigenvalue weighted by atomic mass is 16.5. The summed E-state index contributed by atoms with van der Waals surface area (Å²) in [7, 11) is 0. The molecule has 5 nitrogen and oxygen atoms in total. The van der Waals surface area contributed by atoms with Crippen molar-refractivity contribution in [3.63, 3.8) is 0 Å². The highest BCUT2D eigenvalue weighted by Gasteiger charge is 2.34. The number of rotatable bonds is 5. The Morgan fingerprint density at radius 3 is 2.71 bits per heavy atom. The number of hydrogen-bond acceptors (Lipinski definition) is 4. The van der Waals surface area contributed by atoms with Crippen LogP contribution in [-0.4, -0.2) is 67.7 Å². The monoisotopic (exact) mass is 297 g/mol. The van der Waals surface area contributed by atoms with Crippen molar-refractivity contribution in [1.29, 1.82) is 0 Å². The second kappa shape index (κ2) is 7.56. The van der Waals surface area contributed by atoms with Crippen molar-refractivity contribution < 1.29 is 9.53 Å². The molecule has 0 aromatic heterocycles. The van der Waals surface area contributed by atoms with Crippen molar-refractivity contribution in [2.45, 2.75) is 45.6 Å². The van der Waals surface area contributed by atoms with Crippen LogP contribution in [0.5, 0.6) is 0 Å². The summed E-state index contributed by atoms with van der Waals surface area (Å²) in [5.41, 5.74) is 5.43. The highest BCUT2D eigenvalue weighted by Crippen LogP contribution is 2.23. The Balaban J connectivity index is 1.86. The first kappa shape index (κ1) is 16.7. The van der Waals surface area contributed by atoms with Gasteiger partial charge < -0.3 is 15.4 Å². The van der Waals surface area contributed by atoms with Gasteiger partial charge in [0.2, 0.25) is 5.91 Å². The van der Waals surface area contributed by atoms with Crippen LogP contribution in [0.4, 0.5) is 0 Å². The van der Waals surface area contributed by atoms with Crippen LogP contribution in [0.25, 0.3) is 0 Å². The molecule has 0 saturated carbocycles. The van der Waals surface area contributed by atoms with E-state index in [0.717, 1.165) is 52.2 Å². The van der Waals surface area contributed by atoms with Gasteiger partial charge in [-0.15, -0.1) is 0 Å². The van der Waals surface area contributed by atoms with Crippen LogP contribution in [0.3, 0.4) is 0 Å². The highest BCUT2D eigenvalue weighted by molar-refractivity contribution is 5.82. The fourth-order valence-electron chi connectivity index (χ4n) is 3.20. The van der Waals surface area contributed by atoms with E-state index in [4.69, 9.17) is 10.5 Å². The number of hydrogen-bond donors (Lipinski definition) is 1. The number of carbonyl (C=O) groups excluding carboxylic acids is 1. The van der Waals surface area contributed by atoms with E-state index >= 15 is 0 Å². The molecule has 0 radical (unpaired) electrons. The predicted molar refractivity (Wildman–Crippen MR) is 84.1 cm³/mol. The van der Waals surface area contributed by atoms with Crippen molar-refractivity contribution in [1.82, 2.24) is 9.80 Å². The van der Waals surface area contributed by atoms with E-state index in [-0.39, 0.29) is 5.91 Å². The van der Waals surface area contributed by atoms with Gasteiger partial charge in [-0.25, -0.2) is 0 Å². The maximum Gasteiger partial charge on any atom is 0.229 e. The fourth-order valence-corrected chi connectivity index (χ4v) is 3.20. The number of carbonyl (C=O) groups is 1. The zero-order valence-electron chi connectivity index (χ0n) is 13.6. The van der Waals surface area contributed by atoms with Gasteiger partial charge in [0.1, 0.15) is 0 Å². The molecule has 122 valence electrons. The van der Waals surface area contributed by atoms with Gasteiger partial charge >= 0.3 is 0 Å². The quantitative estimate of drug-likeness (QED) is 0.825. The first-order chi connectivity index (χ1) is 10.1. The van der Waals surface area contributed by atoms with E-state index in [9.17, 15) is 4.79 Å². The summed E-state index contributed by atoms with van der Waals surface area (Å²) in [6.07, 6.45) is 4.62. The lowest BCUT2D eigenvalue weighted by atomic mass is 9.86. The Bertz CT molecular complexity index is 338. The van der Waals surface area contributed by atoms with Crippen LogP contribution in [0.15, 0.2) is 0 Å². The normalized spacial score (nSPS) is 27.4. The molecule has 2 unspecified atom stereocenters. The number of nitrogens with zero attached hydrogens (tertiary/aromatic N) is 2. The fraction of sp³-hybridized carbons (Fsp3) is 0.938. The van der Waals surface area contributed by atoms with Gasteiger partial charge in [-0.2, -0.15) is 0 Å². The van der Waals surface area contributed by atoms with Crippen molar-refractivity contribution >= 4 is 5.91 Å². The smallest absolute Gasteiger partial charge is 0.229 e. The Labute approximate surface area is 128 Å². The minimum Gasteiger partial charge on any atom is -0.377 e. The number of ether oxygens (including phenoxy) is 1. The van der Waals surface area contributed by atoms with E-state index in [1.165, 1.54) is 12.8 Å². The Morgan fingerprint density at radius 1 is 1.29 bits per heavy atom. The molecular formula is C16H31N3O2. The van der Waals surface area contributed by atoms with Crippen molar-refractivity contribution in [2.75, 3.05) is 45.9 Å². The van der Waals surface area contributed by atoms with Crippen LogP contribution in [-0.2, 0) is 9.53 Å². The summed E-state index contributed by atoms with van der Waals surface area (Å²) in [6, 6.07) is 0. The summed E-state index contributed by atoms with van der Waals surface area (Å²) < 4.78 is 5.72. The van der Waals surface area contributed by atoms with E-state index in [1.54, 1.807) is 0 Å². The molecule has 0 aromatic carbocycles. The third-order valence-electron chi connectivity index (χ3n) is 5.11. The van der Waals surface area contributed by atoms with Crippen molar-refractivity contribution in [3.8, 4) is 0 Å². The lowest BCUT2D eigenvalue weighted by Crippen LogP contribution is -2.47. The van der Waals surface area contributed by atoms with Gasteiger partial charge in [0.25, 0.3) is 0 Å². The van der Waals surface area contributed by atoms with Gasteiger partial charge in [0.15, 0.2) is 0 Å². The van der Waals surface area contributed by atoms with Crippen molar-refractivity contribution in [2.24, 2.45) is 11.1 Å². The van der Waals surface area contributed by atoms with Crippen LogP contribution in [0.2, 0.25) is 0 Å². The summed E-state index contributed by atoms with van der Waals surface area (Å²) in [4.78, 5) is 17.2. The maximum atomic E-state index is 12.7. The van der Waals surface area contributed by atoms with Crippen LogP contribution in [0.1, 0.15) is 39.5 Å². The van der Waals surface area contributed by atoms with E-state index in [2.05, 4.69) is 4.90 Å². The molecule has 2 N–H and O–H groups in total. The zero-order valence-corrected chi connectivity index (χ0v) is 13.6. The molecule has 1 amide bonds. The molecule has 2 fully saturated rings. The van der Waals surface area contributed by atoms with Gasteiger partial charge in [0, 0.05) is 39.3 Å². The first-order valence-electron chi connectivity index (χ1n) is 8.42. The van der Waals surface area contributed by atoms with E-state index in [0.29, 0.717) is 12.6 Å². The van der Waals surface area contributed by atoms with Crippen LogP contribution >= 0.6 is 0 Å². The predicted octanol–water partition coefficient (Wildman–Crippen LogP) is 1.07. The van der Waals surface area contributed by atoms with E-state index < -0.39 is 5.41 Å². The minimum atomic E-state index is -0.399. The average molecular weight is 297 g/mol. The average Bonchev–Trinajstić information content (AvgIpc) is 2.90. The number of amides is 1. The van der Waals surface area contributed by atoms with E-state index in [1.807, 2.05) is 18.7 Å². The second-order valence-corrected chi connectivity index (χ2v) is 6.70. The Hall–Kier alpha value is -0.650. The first-order valence-corrected chi connectivity index (χ1v) is 8.42. The molecule has 0 spiro atoms. The lowest BCUT2D eigenvalue weighted by Gasteiger charge is -2.32.